The number of hydrogen-bond acceptors (Lipinski definition) is 1. The van der Waals surface area contributed by atoms with Crippen molar-refractivity contribution in [3.63, 3.8) is 0 Å². The van der Waals surface area contributed by atoms with E-state index in [1.807, 2.05) is 0 Å². The van der Waals surface area contributed by atoms with Crippen molar-refractivity contribution < 1.29 is 68.9 Å². The zero-order valence-electron chi connectivity index (χ0n) is 13.7. The van der Waals surface area contributed by atoms with Crippen molar-refractivity contribution in [3.05, 3.63) is 6.42 Å². The molecule has 0 rings (SSSR count). The van der Waals surface area contributed by atoms with Gasteiger partial charge in [-0.05, 0) is 25.9 Å². The van der Waals surface area contributed by atoms with Crippen LogP contribution in [-0.4, -0.2) is 25.0 Å². The molecule has 0 bridgehead atoms. The first-order valence-electron chi connectivity index (χ1n) is 7.63. The van der Waals surface area contributed by atoms with Gasteiger partial charge < -0.3 is 11.3 Å². The van der Waals surface area contributed by atoms with Crippen LogP contribution in [0, 0.1) is 12.3 Å². The van der Waals surface area contributed by atoms with Gasteiger partial charge in [0.05, 0.1) is 0 Å². The Morgan fingerprint density at radius 1 is 0.889 bits per heavy atom. The summed E-state index contributed by atoms with van der Waals surface area (Å²) < 4.78 is 0. The Morgan fingerprint density at radius 3 is 1.89 bits per heavy atom. The maximum atomic E-state index is 2.47. The van der Waals surface area contributed by atoms with Gasteiger partial charge in [-0.25, -0.2) is 0 Å². The second kappa shape index (κ2) is 17.1. The van der Waals surface area contributed by atoms with Gasteiger partial charge in [-0.3, -0.25) is 0 Å². The van der Waals surface area contributed by atoms with E-state index in [0.717, 1.165) is 5.92 Å². The molecule has 0 aliphatic heterocycles. The molecule has 0 aliphatic carbocycles. The maximum absolute atomic E-state index is 2.47. The van der Waals surface area contributed by atoms with Crippen LogP contribution in [-0.2, 0) is 0 Å². The molecular formula is C16H34CsN. The Morgan fingerprint density at radius 2 is 1.39 bits per heavy atom. The molecule has 0 atom stereocenters. The molecule has 0 N–H and O–H groups in total. The number of hydrogen-bond donors (Lipinski definition) is 0. The standard InChI is InChI=1S/C16H34N.Cs/c1-5-6-7-8-9-10-11-12-13-14-17(4)15-16(2)3;/h5,16H,6-15H2,1-4H3;/q-1;+1. The summed E-state index contributed by atoms with van der Waals surface area (Å²) in [6.45, 7) is 9.28. The first-order valence-corrected chi connectivity index (χ1v) is 7.63. The van der Waals surface area contributed by atoms with Gasteiger partial charge in [0.1, 0.15) is 0 Å². The topological polar surface area (TPSA) is 3.24 Å². The molecule has 0 aliphatic rings. The second-order valence-electron chi connectivity index (χ2n) is 5.83. The molecule has 0 heterocycles. The Labute approximate surface area is 175 Å². The summed E-state index contributed by atoms with van der Waals surface area (Å²) in [5, 5.41) is 0. The van der Waals surface area contributed by atoms with Crippen LogP contribution in [0.25, 0.3) is 0 Å². The van der Waals surface area contributed by atoms with Crippen molar-refractivity contribution in [2.45, 2.75) is 72.1 Å². The van der Waals surface area contributed by atoms with Crippen LogP contribution in [0.2, 0.25) is 0 Å². The molecule has 0 fully saturated rings. The third kappa shape index (κ3) is 18.0. The summed E-state index contributed by atoms with van der Waals surface area (Å²) in [7, 11) is 2.25. The minimum atomic E-state index is 0. The van der Waals surface area contributed by atoms with Crippen LogP contribution in [0.15, 0.2) is 0 Å². The maximum Gasteiger partial charge on any atom is 1.00 e. The van der Waals surface area contributed by atoms with E-state index in [0.29, 0.717) is 0 Å². The number of unbranched alkanes of at least 4 members (excludes halogenated alkanes) is 8. The van der Waals surface area contributed by atoms with Crippen molar-refractivity contribution in [1.29, 1.82) is 0 Å². The molecule has 2 heteroatoms. The molecule has 0 aromatic carbocycles. The van der Waals surface area contributed by atoms with Gasteiger partial charge in [0.15, 0.2) is 0 Å². The largest absolute Gasteiger partial charge is 1.00 e. The van der Waals surface area contributed by atoms with Crippen molar-refractivity contribution >= 4 is 0 Å². The predicted molar refractivity (Wildman–Crippen MR) is 79.2 cm³/mol. The van der Waals surface area contributed by atoms with E-state index in [2.05, 4.69) is 39.1 Å². The van der Waals surface area contributed by atoms with Gasteiger partial charge in [-0.2, -0.15) is 13.3 Å². The summed E-state index contributed by atoms with van der Waals surface area (Å²) in [4.78, 5) is 2.47. The fourth-order valence-electron chi connectivity index (χ4n) is 2.33. The average Bonchev–Trinajstić information content (AvgIpc) is 2.26. The quantitative estimate of drug-likeness (QED) is 0.373. The molecule has 0 aromatic heterocycles. The molecule has 1 nitrogen and oxygen atoms in total. The van der Waals surface area contributed by atoms with Gasteiger partial charge in [0.25, 0.3) is 0 Å². The molecule has 104 valence electrons. The third-order valence-electron chi connectivity index (χ3n) is 3.21. The Bertz CT molecular complexity index is 148. The molecule has 0 aromatic rings. The molecule has 18 heavy (non-hydrogen) atoms. The van der Waals surface area contributed by atoms with Gasteiger partial charge in [0.2, 0.25) is 0 Å². The molecular weight excluding hydrogens is 339 g/mol. The normalized spacial score (nSPS) is 11.0. The zero-order valence-corrected chi connectivity index (χ0v) is 20.0. The molecule has 0 saturated carbocycles. The second-order valence-corrected chi connectivity index (χ2v) is 5.83. The Kier molecular flexibility index (Phi) is 21.1. The molecule has 0 spiro atoms. The van der Waals surface area contributed by atoms with E-state index in [1.54, 1.807) is 0 Å². The fourth-order valence-corrected chi connectivity index (χ4v) is 2.33. The summed E-state index contributed by atoms with van der Waals surface area (Å²) in [5.74, 6) is 0.801. The fraction of sp³-hybridized carbons (Fsp3) is 0.938. The van der Waals surface area contributed by atoms with Crippen LogP contribution >= 0.6 is 0 Å². The molecule has 0 saturated heterocycles. The summed E-state index contributed by atoms with van der Waals surface area (Å²) in [6, 6.07) is 0. The summed E-state index contributed by atoms with van der Waals surface area (Å²) in [6.07, 6.45) is 13.5. The van der Waals surface area contributed by atoms with Crippen molar-refractivity contribution in [3.8, 4) is 0 Å². The van der Waals surface area contributed by atoms with Crippen molar-refractivity contribution in [2.24, 2.45) is 5.92 Å². The van der Waals surface area contributed by atoms with Crippen molar-refractivity contribution in [1.82, 2.24) is 4.90 Å². The first-order chi connectivity index (χ1) is 8.16. The average molecular weight is 373 g/mol. The minimum absolute atomic E-state index is 0. The molecule has 0 radical (unpaired) electrons. The van der Waals surface area contributed by atoms with Crippen molar-refractivity contribution in [2.75, 3.05) is 20.1 Å². The van der Waals surface area contributed by atoms with E-state index >= 15 is 0 Å². The minimum Gasteiger partial charge on any atom is -0.332 e. The van der Waals surface area contributed by atoms with Crippen LogP contribution in [0.4, 0.5) is 0 Å². The van der Waals surface area contributed by atoms with E-state index in [4.69, 9.17) is 0 Å². The van der Waals surface area contributed by atoms with E-state index < -0.39 is 0 Å². The van der Waals surface area contributed by atoms with Crippen LogP contribution < -0.4 is 68.9 Å². The first kappa shape index (κ1) is 22.3. The van der Waals surface area contributed by atoms with Crippen LogP contribution in [0.3, 0.4) is 0 Å². The predicted octanol–water partition coefficient (Wildman–Crippen LogP) is 1.92. The third-order valence-corrected chi connectivity index (χ3v) is 3.21. The van der Waals surface area contributed by atoms with Gasteiger partial charge in [-0.15, -0.1) is 0 Å². The SMILES string of the molecule is C[CH-]CCCCCCCCCN(C)CC(C)C.[Cs+]. The van der Waals surface area contributed by atoms with E-state index in [-0.39, 0.29) is 68.9 Å². The van der Waals surface area contributed by atoms with E-state index in [1.165, 1.54) is 64.5 Å². The van der Waals surface area contributed by atoms with Crippen LogP contribution in [0.5, 0.6) is 0 Å². The smallest absolute Gasteiger partial charge is 0.332 e. The van der Waals surface area contributed by atoms with Gasteiger partial charge in [0, 0.05) is 6.54 Å². The summed E-state index contributed by atoms with van der Waals surface area (Å²) in [5.41, 5.74) is 0. The number of nitrogens with zero attached hydrogens (tertiary/aromatic N) is 1. The molecule has 0 unspecified atom stereocenters. The number of rotatable bonds is 12. The Balaban J connectivity index is 0. The van der Waals surface area contributed by atoms with E-state index in [9.17, 15) is 0 Å². The summed E-state index contributed by atoms with van der Waals surface area (Å²) >= 11 is 0. The van der Waals surface area contributed by atoms with Gasteiger partial charge >= 0.3 is 68.9 Å². The molecule has 0 amide bonds. The zero-order chi connectivity index (χ0) is 12.9. The Hall–Kier alpha value is 2.01. The van der Waals surface area contributed by atoms with Crippen LogP contribution in [0.1, 0.15) is 72.1 Å². The monoisotopic (exact) mass is 373 g/mol. The van der Waals surface area contributed by atoms with Gasteiger partial charge in [-0.1, -0.05) is 52.4 Å².